The number of hydrogen-bond acceptors (Lipinski definition) is 1. The third-order valence-corrected chi connectivity index (χ3v) is 6.35. The van der Waals surface area contributed by atoms with E-state index in [1.807, 2.05) is 12.1 Å². The van der Waals surface area contributed by atoms with Crippen molar-refractivity contribution >= 4 is 17.9 Å². The lowest BCUT2D eigenvalue weighted by atomic mass is 9.68. The van der Waals surface area contributed by atoms with E-state index in [2.05, 4.69) is 12.1 Å². The molecule has 0 amide bonds. The Kier molecular flexibility index (Phi) is 5.57. The lowest BCUT2D eigenvalue weighted by Crippen LogP contribution is -2.25. The Bertz CT molecular complexity index is 465. The van der Waals surface area contributed by atoms with Crippen molar-refractivity contribution in [2.24, 2.45) is 17.8 Å². The van der Waals surface area contributed by atoms with Crippen LogP contribution in [-0.4, -0.2) is 6.29 Å². The van der Waals surface area contributed by atoms with Crippen molar-refractivity contribution < 1.29 is 4.79 Å². The van der Waals surface area contributed by atoms with Crippen molar-refractivity contribution in [3.8, 4) is 0 Å². The second kappa shape index (κ2) is 7.64. The maximum absolute atomic E-state index is 10.6. The highest BCUT2D eigenvalue weighted by atomic mass is 35.5. The zero-order chi connectivity index (χ0) is 15.4. The third kappa shape index (κ3) is 3.93. The Morgan fingerprint density at radius 1 is 0.864 bits per heavy atom. The molecule has 0 saturated heterocycles. The molecular formula is C20H27ClO. The number of rotatable bonds is 4. The average molecular weight is 319 g/mol. The fourth-order valence-electron chi connectivity index (χ4n) is 4.69. The van der Waals surface area contributed by atoms with Crippen LogP contribution in [0.3, 0.4) is 0 Å². The molecule has 2 aliphatic carbocycles. The molecule has 0 bridgehead atoms. The lowest BCUT2D eigenvalue weighted by molar-refractivity contribution is -0.108. The summed E-state index contributed by atoms with van der Waals surface area (Å²) in [6, 6.07) is 8.46. The summed E-state index contributed by atoms with van der Waals surface area (Å²) < 4.78 is 0. The van der Waals surface area contributed by atoms with Crippen LogP contribution >= 0.6 is 11.6 Å². The number of hydrogen-bond donors (Lipinski definition) is 0. The minimum Gasteiger partial charge on any atom is -0.303 e. The molecule has 0 aliphatic heterocycles. The van der Waals surface area contributed by atoms with Crippen LogP contribution in [0, 0.1) is 17.8 Å². The van der Waals surface area contributed by atoms with Crippen molar-refractivity contribution in [3.63, 3.8) is 0 Å². The van der Waals surface area contributed by atoms with Crippen molar-refractivity contribution in [2.45, 2.75) is 63.7 Å². The van der Waals surface area contributed by atoms with E-state index in [1.54, 1.807) is 0 Å². The van der Waals surface area contributed by atoms with Gasteiger partial charge in [-0.1, -0.05) is 23.7 Å². The van der Waals surface area contributed by atoms with Crippen LogP contribution in [0.1, 0.15) is 69.3 Å². The molecule has 2 heteroatoms. The van der Waals surface area contributed by atoms with E-state index < -0.39 is 0 Å². The zero-order valence-corrected chi connectivity index (χ0v) is 14.1. The van der Waals surface area contributed by atoms with Crippen molar-refractivity contribution in [1.29, 1.82) is 0 Å². The largest absolute Gasteiger partial charge is 0.303 e. The second-order valence-electron chi connectivity index (χ2n) is 7.35. The molecule has 22 heavy (non-hydrogen) atoms. The van der Waals surface area contributed by atoms with Gasteiger partial charge in [0.2, 0.25) is 0 Å². The first-order valence-corrected chi connectivity index (χ1v) is 9.33. The van der Waals surface area contributed by atoms with Crippen LogP contribution in [0.5, 0.6) is 0 Å². The molecule has 120 valence electrons. The molecule has 0 atom stereocenters. The van der Waals surface area contributed by atoms with Crippen LogP contribution < -0.4 is 0 Å². The van der Waals surface area contributed by atoms with Gasteiger partial charge in [-0.3, -0.25) is 0 Å². The molecule has 0 radical (unpaired) electrons. The van der Waals surface area contributed by atoms with Gasteiger partial charge in [0.15, 0.2) is 0 Å². The first kappa shape index (κ1) is 16.1. The van der Waals surface area contributed by atoms with E-state index in [-0.39, 0.29) is 0 Å². The van der Waals surface area contributed by atoms with Crippen molar-refractivity contribution in [1.82, 2.24) is 0 Å². The van der Waals surface area contributed by atoms with Gasteiger partial charge in [0.25, 0.3) is 0 Å². The van der Waals surface area contributed by atoms with Gasteiger partial charge >= 0.3 is 0 Å². The maximum Gasteiger partial charge on any atom is 0.120 e. The fourth-order valence-corrected chi connectivity index (χ4v) is 4.82. The summed E-state index contributed by atoms with van der Waals surface area (Å²) in [6.45, 7) is 0. The molecule has 0 aromatic heterocycles. The molecule has 1 nitrogen and oxygen atoms in total. The van der Waals surface area contributed by atoms with Crippen LogP contribution in [-0.2, 0) is 4.79 Å². The van der Waals surface area contributed by atoms with Crippen LogP contribution in [0.25, 0.3) is 0 Å². The molecular weight excluding hydrogens is 292 g/mol. The smallest absolute Gasteiger partial charge is 0.120 e. The number of halogens is 1. The molecule has 3 rings (SSSR count). The summed E-state index contributed by atoms with van der Waals surface area (Å²) in [6.07, 6.45) is 12.6. The van der Waals surface area contributed by atoms with Gasteiger partial charge in [-0.05, 0) is 92.7 Å². The third-order valence-electron chi connectivity index (χ3n) is 6.10. The van der Waals surface area contributed by atoms with Crippen LogP contribution in [0.15, 0.2) is 24.3 Å². The summed E-state index contributed by atoms with van der Waals surface area (Å²) in [5, 5.41) is 0.838. The number of carbonyl (C=O) groups is 1. The van der Waals surface area contributed by atoms with E-state index in [4.69, 9.17) is 11.6 Å². The molecule has 0 heterocycles. The first-order valence-electron chi connectivity index (χ1n) is 8.95. The summed E-state index contributed by atoms with van der Waals surface area (Å²) in [5.74, 6) is 3.27. The van der Waals surface area contributed by atoms with Gasteiger partial charge in [0, 0.05) is 11.4 Å². The summed E-state index contributed by atoms with van der Waals surface area (Å²) in [4.78, 5) is 10.6. The molecule has 1 aromatic carbocycles. The quantitative estimate of drug-likeness (QED) is 0.621. The van der Waals surface area contributed by atoms with Crippen LogP contribution in [0.2, 0.25) is 5.02 Å². The summed E-state index contributed by atoms with van der Waals surface area (Å²) in [7, 11) is 0. The van der Waals surface area contributed by atoms with Gasteiger partial charge in [0.05, 0.1) is 0 Å². The zero-order valence-electron chi connectivity index (χ0n) is 13.3. The monoisotopic (exact) mass is 318 g/mol. The second-order valence-corrected chi connectivity index (χ2v) is 7.78. The topological polar surface area (TPSA) is 17.1 Å². The van der Waals surface area contributed by atoms with Gasteiger partial charge in [-0.2, -0.15) is 0 Å². The van der Waals surface area contributed by atoms with E-state index in [0.29, 0.717) is 5.92 Å². The first-order chi connectivity index (χ1) is 10.8. The Labute approximate surface area is 139 Å². The van der Waals surface area contributed by atoms with Crippen LogP contribution in [0.4, 0.5) is 0 Å². The highest BCUT2D eigenvalue weighted by Crippen LogP contribution is 2.44. The SMILES string of the molecule is O=CCC1CCC(C2CCC(c3ccc(Cl)cc3)CC2)CC1. The Hall–Kier alpha value is -0.820. The highest BCUT2D eigenvalue weighted by Gasteiger charge is 2.31. The highest BCUT2D eigenvalue weighted by molar-refractivity contribution is 6.30. The maximum atomic E-state index is 10.6. The molecule has 0 N–H and O–H groups in total. The molecule has 0 spiro atoms. The van der Waals surface area contributed by atoms with E-state index in [0.717, 1.165) is 35.5 Å². The minimum atomic E-state index is 0.680. The van der Waals surface area contributed by atoms with Crippen molar-refractivity contribution in [2.75, 3.05) is 0 Å². The Morgan fingerprint density at radius 3 is 1.95 bits per heavy atom. The summed E-state index contributed by atoms with van der Waals surface area (Å²) in [5.41, 5.74) is 1.47. The average Bonchev–Trinajstić information content (AvgIpc) is 2.57. The summed E-state index contributed by atoms with van der Waals surface area (Å²) >= 11 is 5.99. The minimum absolute atomic E-state index is 0.680. The number of benzene rings is 1. The van der Waals surface area contributed by atoms with Gasteiger partial charge in [-0.25, -0.2) is 0 Å². The number of carbonyl (C=O) groups excluding carboxylic acids is 1. The molecule has 2 fully saturated rings. The van der Waals surface area contributed by atoms with Gasteiger partial charge in [-0.15, -0.1) is 0 Å². The fraction of sp³-hybridized carbons (Fsp3) is 0.650. The van der Waals surface area contributed by atoms with Gasteiger partial charge < -0.3 is 4.79 Å². The predicted octanol–water partition coefficient (Wildman–Crippen LogP) is 6.01. The Balaban J connectivity index is 1.48. The van der Waals surface area contributed by atoms with E-state index >= 15 is 0 Å². The molecule has 2 aliphatic rings. The van der Waals surface area contributed by atoms with Crippen molar-refractivity contribution in [3.05, 3.63) is 34.9 Å². The van der Waals surface area contributed by atoms with E-state index in [1.165, 1.54) is 56.9 Å². The van der Waals surface area contributed by atoms with E-state index in [9.17, 15) is 4.79 Å². The normalized spacial score (nSPS) is 32.6. The van der Waals surface area contributed by atoms with Gasteiger partial charge in [0.1, 0.15) is 6.29 Å². The lowest BCUT2D eigenvalue weighted by Gasteiger charge is -2.37. The predicted molar refractivity (Wildman–Crippen MR) is 92.3 cm³/mol. The Morgan fingerprint density at radius 2 is 1.41 bits per heavy atom. The standard InChI is InChI=1S/C20H27ClO/c21-20-11-9-19(10-12-20)18-7-5-17(6-8-18)16-3-1-15(2-4-16)13-14-22/h9-12,14-18H,1-8,13H2. The molecule has 0 unspecified atom stereocenters. The molecule has 1 aromatic rings. The number of aldehydes is 1. The molecule has 2 saturated carbocycles.